The Morgan fingerprint density at radius 3 is 1.93 bits per heavy atom. The Kier molecular flexibility index (Phi) is 8.74. The zero-order valence-electron chi connectivity index (χ0n) is 25.4. The number of allylic oxidation sites excluding steroid dienone is 1. The van der Waals surface area contributed by atoms with Gasteiger partial charge < -0.3 is 9.47 Å². The molecule has 7 heteroatoms. The molecule has 0 radical (unpaired) electrons. The maximum absolute atomic E-state index is 13.9. The quantitative estimate of drug-likeness (QED) is 0.0909. The summed E-state index contributed by atoms with van der Waals surface area (Å²) in [5.74, 6) is -0.397. The number of rotatable bonds is 10. The van der Waals surface area contributed by atoms with Gasteiger partial charge in [-0.1, -0.05) is 84.9 Å². The van der Waals surface area contributed by atoms with Crippen molar-refractivity contribution in [3.05, 3.63) is 150 Å². The van der Waals surface area contributed by atoms with Crippen molar-refractivity contribution in [1.82, 2.24) is 0 Å². The number of urea groups is 1. The van der Waals surface area contributed by atoms with Gasteiger partial charge in [-0.05, 0) is 77.7 Å². The van der Waals surface area contributed by atoms with E-state index in [9.17, 15) is 14.4 Å². The highest BCUT2D eigenvalue weighted by Crippen LogP contribution is 2.37. The van der Waals surface area contributed by atoms with E-state index >= 15 is 0 Å². The summed E-state index contributed by atoms with van der Waals surface area (Å²) in [5, 5.41) is 2.22. The molecule has 0 saturated carbocycles. The Morgan fingerprint density at radius 2 is 1.30 bits per heavy atom. The Hall–Kier alpha value is -5.95. The molecule has 0 atom stereocenters. The maximum Gasteiger partial charge on any atom is 0.343 e. The second-order valence-electron chi connectivity index (χ2n) is 10.7. The maximum atomic E-state index is 13.9. The number of hydrogen-bond acceptors (Lipinski definition) is 5. The number of imide groups is 2. The molecule has 0 spiro atoms. The van der Waals surface area contributed by atoms with Crippen LogP contribution in [0.1, 0.15) is 23.6 Å². The van der Waals surface area contributed by atoms with Gasteiger partial charge in [-0.25, -0.2) is 14.6 Å². The second kappa shape index (κ2) is 13.4. The average molecular weight is 609 g/mol. The lowest BCUT2D eigenvalue weighted by atomic mass is 10.0. The summed E-state index contributed by atoms with van der Waals surface area (Å²) in [6.45, 7) is 6.48. The van der Waals surface area contributed by atoms with Gasteiger partial charge in [0.05, 0.1) is 18.0 Å². The van der Waals surface area contributed by atoms with Gasteiger partial charge in [0.25, 0.3) is 11.8 Å². The van der Waals surface area contributed by atoms with Crippen LogP contribution in [0.5, 0.6) is 11.5 Å². The van der Waals surface area contributed by atoms with Crippen molar-refractivity contribution in [2.75, 3.05) is 16.4 Å². The van der Waals surface area contributed by atoms with E-state index in [2.05, 4.69) is 24.8 Å². The van der Waals surface area contributed by atoms with Crippen molar-refractivity contribution in [3.8, 4) is 11.5 Å². The van der Waals surface area contributed by atoms with Crippen LogP contribution in [0.3, 0.4) is 0 Å². The molecule has 7 nitrogen and oxygen atoms in total. The van der Waals surface area contributed by atoms with Crippen molar-refractivity contribution in [3.63, 3.8) is 0 Å². The lowest BCUT2D eigenvalue weighted by molar-refractivity contribution is -0.121. The summed E-state index contributed by atoms with van der Waals surface area (Å²) >= 11 is 0. The minimum absolute atomic E-state index is 0.163. The first-order chi connectivity index (χ1) is 22.5. The van der Waals surface area contributed by atoms with Crippen LogP contribution in [-0.4, -0.2) is 24.5 Å². The number of carbonyl (C=O) groups is 3. The first-order valence-corrected chi connectivity index (χ1v) is 15.0. The molecule has 1 saturated heterocycles. The second-order valence-corrected chi connectivity index (χ2v) is 10.7. The number of carbonyl (C=O) groups excluding carboxylic acids is 3. The molecule has 1 heterocycles. The monoisotopic (exact) mass is 608 g/mol. The van der Waals surface area contributed by atoms with Crippen molar-refractivity contribution < 1.29 is 23.9 Å². The van der Waals surface area contributed by atoms with E-state index in [-0.39, 0.29) is 5.57 Å². The van der Waals surface area contributed by atoms with Gasteiger partial charge >= 0.3 is 6.03 Å². The molecule has 5 aromatic rings. The van der Waals surface area contributed by atoms with Crippen molar-refractivity contribution in [2.45, 2.75) is 20.0 Å². The van der Waals surface area contributed by atoms with Gasteiger partial charge in [-0.2, -0.15) is 0 Å². The average Bonchev–Trinajstić information content (AvgIpc) is 3.08. The standard InChI is InChI=1S/C39H32N2O5/c1-3-14-29-23-27(25-35(45-4-2)36(29)46-26-30-17-13-16-28-15-11-12-22-33(28)30)24-34-37(42)40(31-18-7-5-8-19-31)39(44)41(38(34)43)32-20-9-6-10-21-32/h3,5-13,15-25H,1,4,14,26H2,2H3. The Labute approximate surface area is 267 Å². The number of barbiturate groups is 1. The molecule has 1 aliphatic heterocycles. The Balaban J connectivity index is 1.42. The summed E-state index contributed by atoms with van der Waals surface area (Å²) < 4.78 is 12.5. The fraction of sp³-hybridized carbons (Fsp3) is 0.103. The molecule has 1 aliphatic rings. The zero-order valence-corrected chi connectivity index (χ0v) is 25.4. The zero-order chi connectivity index (χ0) is 32.0. The molecule has 228 valence electrons. The number of hydrogen-bond donors (Lipinski definition) is 0. The fourth-order valence-electron chi connectivity index (χ4n) is 5.57. The van der Waals surface area contributed by atoms with E-state index in [1.165, 1.54) is 6.08 Å². The number of amides is 4. The molecule has 0 aromatic heterocycles. The van der Waals surface area contributed by atoms with Gasteiger partial charge in [0.1, 0.15) is 12.2 Å². The SMILES string of the molecule is C=CCc1cc(C=C2C(=O)N(c3ccccc3)C(=O)N(c3ccccc3)C2=O)cc(OCC)c1OCc1cccc2ccccc12. The van der Waals surface area contributed by atoms with Gasteiger partial charge in [-0.15, -0.1) is 6.58 Å². The number of anilines is 2. The number of nitrogens with zero attached hydrogens (tertiary/aromatic N) is 2. The molecule has 0 aliphatic carbocycles. The minimum atomic E-state index is -0.746. The summed E-state index contributed by atoms with van der Waals surface area (Å²) in [6, 6.07) is 34.2. The fourth-order valence-corrected chi connectivity index (χ4v) is 5.57. The molecule has 0 N–H and O–H groups in total. The first kappa shape index (κ1) is 30.1. The molecule has 1 fully saturated rings. The highest BCUT2D eigenvalue weighted by molar-refractivity contribution is 6.46. The summed E-state index contributed by atoms with van der Waals surface area (Å²) in [6.07, 6.45) is 3.72. The van der Waals surface area contributed by atoms with Crippen molar-refractivity contribution in [2.24, 2.45) is 0 Å². The predicted octanol–water partition coefficient (Wildman–Crippen LogP) is 8.13. The Bertz CT molecular complexity index is 1900. The van der Waals surface area contributed by atoms with E-state index in [1.54, 1.807) is 72.8 Å². The van der Waals surface area contributed by atoms with Crippen LogP contribution in [0, 0.1) is 0 Å². The summed E-state index contributed by atoms with van der Waals surface area (Å²) in [4.78, 5) is 43.5. The third kappa shape index (κ3) is 5.90. The van der Waals surface area contributed by atoms with Gasteiger partial charge in [0, 0.05) is 5.56 Å². The lowest BCUT2D eigenvalue weighted by Crippen LogP contribution is -2.57. The van der Waals surface area contributed by atoms with Crippen LogP contribution < -0.4 is 19.3 Å². The molecule has 0 unspecified atom stereocenters. The highest BCUT2D eigenvalue weighted by Gasteiger charge is 2.43. The van der Waals surface area contributed by atoms with Crippen LogP contribution in [0.2, 0.25) is 0 Å². The topological polar surface area (TPSA) is 76.2 Å². The van der Waals surface area contributed by atoms with Gasteiger partial charge in [0.2, 0.25) is 0 Å². The van der Waals surface area contributed by atoms with Gasteiger partial charge in [0.15, 0.2) is 11.5 Å². The van der Waals surface area contributed by atoms with Crippen LogP contribution in [-0.2, 0) is 22.6 Å². The molecular formula is C39H32N2O5. The van der Waals surface area contributed by atoms with Crippen LogP contribution >= 0.6 is 0 Å². The normalized spacial score (nSPS) is 13.2. The first-order valence-electron chi connectivity index (χ1n) is 15.0. The van der Waals surface area contributed by atoms with E-state index in [1.807, 2.05) is 37.3 Å². The van der Waals surface area contributed by atoms with Gasteiger partial charge in [-0.3, -0.25) is 9.59 Å². The number of para-hydroxylation sites is 2. The summed E-state index contributed by atoms with van der Waals surface area (Å²) in [7, 11) is 0. The molecule has 0 bridgehead atoms. The minimum Gasteiger partial charge on any atom is -0.490 e. The van der Waals surface area contributed by atoms with Crippen LogP contribution in [0.15, 0.2) is 133 Å². The van der Waals surface area contributed by atoms with Crippen molar-refractivity contribution >= 4 is 46.1 Å². The molecule has 5 aromatic carbocycles. The third-order valence-electron chi connectivity index (χ3n) is 7.66. The molecule has 6 rings (SSSR count). The largest absolute Gasteiger partial charge is 0.490 e. The smallest absolute Gasteiger partial charge is 0.343 e. The number of benzene rings is 5. The third-order valence-corrected chi connectivity index (χ3v) is 7.66. The molecule has 4 amide bonds. The van der Waals surface area contributed by atoms with E-state index in [0.717, 1.165) is 31.7 Å². The molecular weight excluding hydrogens is 576 g/mol. The predicted molar refractivity (Wildman–Crippen MR) is 181 cm³/mol. The van der Waals surface area contributed by atoms with E-state index < -0.39 is 17.8 Å². The Morgan fingerprint density at radius 1 is 0.696 bits per heavy atom. The summed E-state index contributed by atoms with van der Waals surface area (Å²) in [5.41, 5.74) is 2.90. The highest BCUT2D eigenvalue weighted by atomic mass is 16.5. The molecule has 46 heavy (non-hydrogen) atoms. The number of ether oxygens (including phenoxy) is 2. The van der Waals surface area contributed by atoms with Crippen LogP contribution in [0.4, 0.5) is 16.2 Å². The van der Waals surface area contributed by atoms with E-state index in [0.29, 0.717) is 48.1 Å². The van der Waals surface area contributed by atoms with Crippen molar-refractivity contribution in [1.29, 1.82) is 0 Å². The van der Waals surface area contributed by atoms with Crippen LogP contribution in [0.25, 0.3) is 16.8 Å². The lowest BCUT2D eigenvalue weighted by Gasteiger charge is -2.34. The number of fused-ring (bicyclic) bond motifs is 1. The van der Waals surface area contributed by atoms with E-state index in [4.69, 9.17) is 9.47 Å².